The van der Waals surface area contributed by atoms with Crippen molar-refractivity contribution in [1.29, 1.82) is 0 Å². The molecule has 1 aliphatic heterocycles. The van der Waals surface area contributed by atoms with E-state index in [1.165, 1.54) is 0 Å². The van der Waals surface area contributed by atoms with E-state index in [-0.39, 0.29) is 0 Å². The largest absolute Gasteiger partial charge is 0.489 e. The van der Waals surface area contributed by atoms with Crippen LogP contribution in [0.1, 0.15) is 12.0 Å². The summed E-state index contributed by atoms with van der Waals surface area (Å²) in [6.45, 7) is 2.65. The van der Waals surface area contributed by atoms with Crippen molar-refractivity contribution < 1.29 is 9.47 Å². The first-order valence-electron chi connectivity index (χ1n) is 5.34. The lowest BCUT2D eigenvalue weighted by molar-refractivity contribution is 0.183. The van der Waals surface area contributed by atoms with Crippen molar-refractivity contribution in [3.63, 3.8) is 0 Å². The first-order chi connectivity index (χ1) is 7.38. The number of ether oxygens (including phenoxy) is 2. The molecule has 0 saturated carbocycles. The standard InChI is InChI=1S/C12H17NO2/c1-14-9-10-3-2-4-11(7-10)15-12-5-6-13-8-12/h2-4,7,12-13H,5-6,8-9H2,1H3/t12-/m1/s1. The van der Waals surface area contributed by atoms with Crippen LogP contribution in [0.15, 0.2) is 24.3 Å². The van der Waals surface area contributed by atoms with Crippen LogP contribution in [0.2, 0.25) is 0 Å². The third kappa shape index (κ3) is 2.94. The minimum Gasteiger partial charge on any atom is -0.489 e. The van der Waals surface area contributed by atoms with Crippen LogP contribution in [0.25, 0.3) is 0 Å². The van der Waals surface area contributed by atoms with E-state index in [0.29, 0.717) is 12.7 Å². The molecule has 2 rings (SSSR count). The summed E-state index contributed by atoms with van der Waals surface area (Å²) in [4.78, 5) is 0. The number of methoxy groups -OCH3 is 1. The van der Waals surface area contributed by atoms with Gasteiger partial charge in [-0.05, 0) is 30.7 Å². The van der Waals surface area contributed by atoms with E-state index < -0.39 is 0 Å². The topological polar surface area (TPSA) is 30.5 Å². The van der Waals surface area contributed by atoms with Crippen LogP contribution in [-0.2, 0) is 11.3 Å². The van der Waals surface area contributed by atoms with E-state index in [4.69, 9.17) is 9.47 Å². The zero-order valence-corrected chi connectivity index (χ0v) is 9.03. The number of nitrogens with one attached hydrogen (secondary N) is 1. The predicted molar refractivity (Wildman–Crippen MR) is 59.1 cm³/mol. The van der Waals surface area contributed by atoms with E-state index in [1.807, 2.05) is 24.3 Å². The molecule has 1 heterocycles. The molecule has 0 aliphatic carbocycles. The van der Waals surface area contributed by atoms with Gasteiger partial charge in [-0.25, -0.2) is 0 Å². The first kappa shape index (κ1) is 10.5. The number of hydrogen-bond donors (Lipinski definition) is 1. The summed E-state index contributed by atoms with van der Waals surface area (Å²) in [7, 11) is 1.70. The van der Waals surface area contributed by atoms with Gasteiger partial charge in [-0.15, -0.1) is 0 Å². The Hall–Kier alpha value is -1.06. The highest BCUT2D eigenvalue weighted by Crippen LogP contribution is 2.17. The van der Waals surface area contributed by atoms with E-state index in [2.05, 4.69) is 5.32 Å². The molecule has 0 radical (unpaired) electrons. The Kier molecular flexibility index (Phi) is 3.59. The maximum absolute atomic E-state index is 5.84. The lowest BCUT2D eigenvalue weighted by atomic mass is 10.2. The van der Waals surface area contributed by atoms with Gasteiger partial charge >= 0.3 is 0 Å². The molecule has 1 saturated heterocycles. The molecule has 0 unspecified atom stereocenters. The van der Waals surface area contributed by atoms with E-state index in [9.17, 15) is 0 Å². The van der Waals surface area contributed by atoms with Crippen molar-refractivity contribution >= 4 is 0 Å². The van der Waals surface area contributed by atoms with Gasteiger partial charge in [0.15, 0.2) is 0 Å². The molecule has 0 aromatic heterocycles. The molecule has 0 amide bonds. The number of benzene rings is 1. The van der Waals surface area contributed by atoms with Gasteiger partial charge in [-0.1, -0.05) is 12.1 Å². The van der Waals surface area contributed by atoms with Crippen molar-refractivity contribution in [2.75, 3.05) is 20.2 Å². The zero-order chi connectivity index (χ0) is 10.5. The van der Waals surface area contributed by atoms with Crippen LogP contribution in [-0.4, -0.2) is 26.3 Å². The molecule has 82 valence electrons. The quantitative estimate of drug-likeness (QED) is 0.813. The summed E-state index contributed by atoms with van der Waals surface area (Å²) in [6, 6.07) is 8.09. The zero-order valence-electron chi connectivity index (χ0n) is 9.03. The summed E-state index contributed by atoms with van der Waals surface area (Å²) in [6.07, 6.45) is 1.41. The summed E-state index contributed by atoms with van der Waals surface area (Å²) in [5.41, 5.74) is 1.15. The fourth-order valence-corrected chi connectivity index (χ4v) is 1.80. The Balaban J connectivity index is 1.97. The molecular formula is C12H17NO2. The van der Waals surface area contributed by atoms with E-state index in [1.54, 1.807) is 7.11 Å². The lowest BCUT2D eigenvalue weighted by Gasteiger charge is -2.13. The summed E-state index contributed by atoms with van der Waals surface area (Å²) in [5.74, 6) is 0.943. The number of hydrogen-bond acceptors (Lipinski definition) is 3. The monoisotopic (exact) mass is 207 g/mol. The van der Waals surface area contributed by atoms with Crippen LogP contribution in [0.3, 0.4) is 0 Å². The third-order valence-corrected chi connectivity index (χ3v) is 2.53. The van der Waals surface area contributed by atoms with Crippen molar-refractivity contribution in [2.45, 2.75) is 19.1 Å². The molecule has 1 fully saturated rings. The van der Waals surface area contributed by atoms with Crippen molar-refractivity contribution in [3.05, 3.63) is 29.8 Å². The molecule has 3 heteroatoms. The molecule has 3 nitrogen and oxygen atoms in total. The molecule has 1 aromatic rings. The van der Waals surface area contributed by atoms with Gasteiger partial charge in [-0.3, -0.25) is 0 Å². The molecule has 0 bridgehead atoms. The van der Waals surface area contributed by atoms with Crippen LogP contribution >= 0.6 is 0 Å². The van der Waals surface area contributed by atoms with Crippen LogP contribution in [0, 0.1) is 0 Å². The predicted octanol–water partition coefficient (Wildman–Crippen LogP) is 1.57. The molecule has 1 atom stereocenters. The van der Waals surface area contributed by atoms with Crippen LogP contribution in [0.5, 0.6) is 5.75 Å². The Bertz CT molecular complexity index is 308. The smallest absolute Gasteiger partial charge is 0.120 e. The Labute approximate surface area is 90.4 Å². The average molecular weight is 207 g/mol. The highest BCUT2D eigenvalue weighted by atomic mass is 16.5. The molecule has 1 N–H and O–H groups in total. The minimum absolute atomic E-state index is 0.322. The molecule has 0 spiro atoms. The first-order valence-corrected chi connectivity index (χ1v) is 5.34. The van der Waals surface area contributed by atoms with Gasteiger partial charge in [0.05, 0.1) is 6.61 Å². The lowest BCUT2D eigenvalue weighted by Crippen LogP contribution is -2.19. The van der Waals surface area contributed by atoms with Crippen LogP contribution < -0.4 is 10.1 Å². The van der Waals surface area contributed by atoms with Gasteiger partial charge in [0.1, 0.15) is 11.9 Å². The maximum atomic E-state index is 5.84. The second-order valence-electron chi connectivity index (χ2n) is 3.81. The van der Waals surface area contributed by atoms with Crippen LogP contribution in [0.4, 0.5) is 0 Å². The van der Waals surface area contributed by atoms with Crippen molar-refractivity contribution in [2.24, 2.45) is 0 Å². The summed E-state index contributed by atoms with van der Waals surface area (Å²) < 4.78 is 10.9. The fraction of sp³-hybridized carbons (Fsp3) is 0.500. The normalized spacial score (nSPS) is 20.5. The second kappa shape index (κ2) is 5.14. The van der Waals surface area contributed by atoms with Gasteiger partial charge < -0.3 is 14.8 Å². The molecule has 15 heavy (non-hydrogen) atoms. The molecular weight excluding hydrogens is 190 g/mol. The summed E-state index contributed by atoms with van der Waals surface area (Å²) in [5, 5.41) is 3.28. The Morgan fingerprint density at radius 2 is 2.40 bits per heavy atom. The average Bonchev–Trinajstić information content (AvgIpc) is 2.71. The Morgan fingerprint density at radius 1 is 1.47 bits per heavy atom. The SMILES string of the molecule is COCc1cccc(O[C@@H]2CCNC2)c1. The van der Waals surface area contributed by atoms with E-state index >= 15 is 0 Å². The van der Waals surface area contributed by atoms with Gasteiger partial charge in [0, 0.05) is 13.7 Å². The van der Waals surface area contributed by atoms with E-state index in [0.717, 1.165) is 30.8 Å². The minimum atomic E-state index is 0.322. The molecule has 1 aromatic carbocycles. The second-order valence-corrected chi connectivity index (χ2v) is 3.81. The Morgan fingerprint density at radius 3 is 3.13 bits per heavy atom. The van der Waals surface area contributed by atoms with Gasteiger partial charge in [0.25, 0.3) is 0 Å². The number of rotatable bonds is 4. The van der Waals surface area contributed by atoms with Crippen molar-refractivity contribution in [3.8, 4) is 5.75 Å². The van der Waals surface area contributed by atoms with Gasteiger partial charge in [0.2, 0.25) is 0 Å². The maximum Gasteiger partial charge on any atom is 0.120 e. The highest BCUT2D eigenvalue weighted by Gasteiger charge is 2.15. The van der Waals surface area contributed by atoms with Gasteiger partial charge in [-0.2, -0.15) is 0 Å². The fourth-order valence-electron chi connectivity index (χ4n) is 1.80. The molecule has 1 aliphatic rings. The summed E-state index contributed by atoms with van der Waals surface area (Å²) >= 11 is 0. The third-order valence-electron chi connectivity index (χ3n) is 2.53. The van der Waals surface area contributed by atoms with Crippen molar-refractivity contribution in [1.82, 2.24) is 5.32 Å². The highest BCUT2D eigenvalue weighted by molar-refractivity contribution is 5.28.